The first-order chi connectivity index (χ1) is 15.1. The molecule has 0 bridgehead atoms. The first-order valence-electron chi connectivity index (χ1n) is 11.3. The van der Waals surface area contributed by atoms with Gasteiger partial charge in [-0.2, -0.15) is 0 Å². The third-order valence-electron chi connectivity index (χ3n) is 6.53. The van der Waals surface area contributed by atoms with Crippen molar-refractivity contribution in [1.82, 2.24) is 0 Å². The van der Waals surface area contributed by atoms with Crippen LogP contribution >= 0.6 is 0 Å². The average molecular weight is 423 g/mol. The van der Waals surface area contributed by atoms with Gasteiger partial charge in [0.25, 0.3) is 0 Å². The lowest BCUT2D eigenvalue weighted by Crippen LogP contribution is -2.39. The van der Waals surface area contributed by atoms with Crippen molar-refractivity contribution in [1.29, 1.82) is 0 Å². The number of nitrogens with zero attached hydrogens (tertiary/aromatic N) is 2. The van der Waals surface area contributed by atoms with Crippen LogP contribution in [0, 0.1) is 0 Å². The maximum atomic E-state index is 5.70. The Bertz CT molecular complexity index is 886. The molecule has 2 aromatic rings. The molecule has 4 heterocycles. The van der Waals surface area contributed by atoms with Gasteiger partial charge in [-0.05, 0) is 48.7 Å². The molecule has 4 aliphatic heterocycles. The van der Waals surface area contributed by atoms with Gasteiger partial charge in [0, 0.05) is 31.0 Å². The Morgan fingerprint density at radius 3 is 1.65 bits per heavy atom. The molecule has 4 atom stereocenters. The van der Waals surface area contributed by atoms with E-state index in [0.717, 1.165) is 52.5 Å². The summed E-state index contributed by atoms with van der Waals surface area (Å²) in [5.74, 6) is 0. The predicted octanol–water partition coefficient (Wildman–Crippen LogP) is 2.83. The summed E-state index contributed by atoms with van der Waals surface area (Å²) in [7, 11) is 0. The number of epoxide rings is 4. The first-order valence-corrected chi connectivity index (χ1v) is 11.3. The molecule has 0 aromatic heterocycles. The third kappa shape index (κ3) is 4.88. The zero-order valence-electron chi connectivity index (χ0n) is 18.0. The van der Waals surface area contributed by atoms with Crippen molar-refractivity contribution in [3.8, 4) is 0 Å². The fourth-order valence-electron chi connectivity index (χ4n) is 4.19. The van der Waals surface area contributed by atoms with Gasteiger partial charge >= 0.3 is 0 Å². The summed E-state index contributed by atoms with van der Waals surface area (Å²) < 4.78 is 22.0. The second-order valence-electron chi connectivity index (χ2n) is 9.35. The topological polar surface area (TPSA) is 56.6 Å². The number of benzene rings is 2. The SMILES string of the molecule is CC1(N(CC2CO2)c2ccc(Cc3ccc(N(CC4CO4)CC4CO4)cc3)cc2)CO1. The lowest BCUT2D eigenvalue weighted by molar-refractivity contribution is 0.301. The number of ether oxygens (including phenoxy) is 4. The molecule has 4 saturated heterocycles. The van der Waals surface area contributed by atoms with E-state index in [1.165, 1.54) is 22.5 Å². The Morgan fingerprint density at radius 1 is 0.742 bits per heavy atom. The van der Waals surface area contributed by atoms with E-state index in [4.69, 9.17) is 18.9 Å². The molecule has 31 heavy (non-hydrogen) atoms. The van der Waals surface area contributed by atoms with Gasteiger partial charge in [-0.3, -0.25) is 0 Å². The molecule has 6 rings (SSSR count). The van der Waals surface area contributed by atoms with Crippen LogP contribution in [-0.4, -0.2) is 70.1 Å². The van der Waals surface area contributed by atoms with Crippen LogP contribution in [0.1, 0.15) is 18.1 Å². The lowest BCUT2D eigenvalue weighted by Gasteiger charge is -2.28. The number of hydrogen-bond donors (Lipinski definition) is 0. The summed E-state index contributed by atoms with van der Waals surface area (Å²) in [5.41, 5.74) is 4.92. The van der Waals surface area contributed by atoms with Crippen LogP contribution < -0.4 is 9.80 Å². The van der Waals surface area contributed by atoms with Crippen molar-refractivity contribution >= 4 is 11.4 Å². The summed E-state index contributed by atoms with van der Waals surface area (Å²) >= 11 is 0. The monoisotopic (exact) mass is 422 g/mol. The number of rotatable bonds is 11. The minimum atomic E-state index is -0.174. The summed E-state index contributed by atoms with van der Waals surface area (Å²) in [5, 5.41) is 0. The third-order valence-corrected chi connectivity index (χ3v) is 6.53. The minimum Gasteiger partial charge on any atom is -0.371 e. The highest BCUT2D eigenvalue weighted by Crippen LogP contribution is 2.36. The van der Waals surface area contributed by atoms with Gasteiger partial charge in [-0.15, -0.1) is 0 Å². The van der Waals surface area contributed by atoms with E-state index in [2.05, 4.69) is 65.3 Å². The van der Waals surface area contributed by atoms with Gasteiger partial charge < -0.3 is 28.7 Å². The fraction of sp³-hybridized carbons (Fsp3) is 0.520. The normalized spacial score (nSPS) is 30.0. The Hall–Kier alpha value is -2.12. The Labute approximate surface area is 183 Å². The summed E-state index contributed by atoms with van der Waals surface area (Å²) in [4.78, 5) is 4.73. The Morgan fingerprint density at radius 2 is 1.19 bits per heavy atom. The largest absolute Gasteiger partial charge is 0.371 e. The van der Waals surface area contributed by atoms with E-state index in [9.17, 15) is 0 Å². The molecule has 0 radical (unpaired) electrons. The average Bonchev–Trinajstić information content (AvgIpc) is 3.60. The molecule has 0 N–H and O–H groups in total. The van der Waals surface area contributed by atoms with Gasteiger partial charge in [0.05, 0.1) is 44.7 Å². The van der Waals surface area contributed by atoms with E-state index in [0.29, 0.717) is 18.3 Å². The van der Waals surface area contributed by atoms with Crippen molar-refractivity contribution in [2.75, 3.05) is 55.9 Å². The van der Waals surface area contributed by atoms with E-state index >= 15 is 0 Å². The van der Waals surface area contributed by atoms with Gasteiger partial charge in [0.1, 0.15) is 0 Å². The van der Waals surface area contributed by atoms with E-state index in [1.54, 1.807) is 0 Å². The van der Waals surface area contributed by atoms with Gasteiger partial charge in [-0.1, -0.05) is 24.3 Å². The Kier molecular flexibility index (Phi) is 4.91. The molecule has 2 aromatic carbocycles. The van der Waals surface area contributed by atoms with Gasteiger partial charge in [0.15, 0.2) is 5.72 Å². The standard InChI is InChI=1S/C25H30N2O4/c1-25(17-31-25)27(13-24-16-30-24)21-8-4-19(5-9-21)10-18-2-6-20(7-3-18)26(11-22-14-28-22)12-23-15-29-23/h2-9,22-24H,10-17H2,1H3. The van der Waals surface area contributed by atoms with Crippen LogP contribution in [-0.2, 0) is 25.4 Å². The lowest BCUT2D eigenvalue weighted by atomic mass is 10.0. The van der Waals surface area contributed by atoms with Crippen molar-refractivity contribution in [3.05, 3.63) is 59.7 Å². The van der Waals surface area contributed by atoms with Crippen molar-refractivity contribution in [3.63, 3.8) is 0 Å². The fourth-order valence-corrected chi connectivity index (χ4v) is 4.19. The minimum absolute atomic E-state index is 0.174. The Balaban J connectivity index is 1.11. The van der Waals surface area contributed by atoms with Gasteiger partial charge in [-0.25, -0.2) is 0 Å². The molecule has 0 spiro atoms. The predicted molar refractivity (Wildman–Crippen MR) is 119 cm³/mol. The van der Waals surface area contributed by atoms with Crippen LogP contribution in [0.25, 0.3) is 0 Å². The zero-order chi connectivity index (χ0) is 20.8. The van der Waals surface area contributed by atoms with Crippen LogP contribution in [0.2, 0.25) is 0 Å². The van der Waals surface area contributed by atoms with Crippen LogP contribution in [0.15, 0.2) is 48.5 Å². The van der Waals surface area contributed by atoms with Crippen LogP contribution in [0.5, 0.6) is 0 Å². The highest BCUT2D eigenvalue weighted by atomic mass is 16.6. The quantitative estimate of drug-likeness (QED) is 0.519. The first kappa shape index (κ1) is 19.6. The summed E-state index contributed by atoms with van der Waals surface area (Å²) in [6.07, 6.45) is 2.03. The van der Waals surface area contributed by atoms with Crippen molar-refractivity contribution in [2.45, 2.75) is 37.4 Å². The van der Waals surface area contributed by atoms with E-state index in [-0.39, 0.29) is 5.72 Å². The highest BCUT2D eigenvalue weighted by Gasteiger charge is 2.47. The number of hydrogen-bond acceptors (Lipinski definition) is 6. The highest BCUT2D eigenvalue weighted by molar-refractivity contribution is 5.52. The molecule has 0 aliphatic carbocycles. The molecule has 0 amide bonds. The van der Waals surface area contributed by atoms with Crippen LogP contribution in [0.4, 0.5) is 11.4 Å². The van der Waals surface area contributed by atoms with Crippen molar-refractivity contribution in [2.24, 2.45) is 0 Å². The molecule has 4 unspecified atom stereocenters. The zero-order valence-corrected chi connectivity index (χ0v) is 18.0. The second kappa shape index (κ2) is 7.78. The molecule has 164 valence electrons. The summed E-state index contributed by atoms with van der Waals surface area (Å²) in [6.45, 7) is 8.35. The molecule has 4 fully saturated rings. The molecule has 6 heteroatoms. The van der Waals surface area contributed by atoms with Gasteiger partial charge in [0.2, 0.25) is 0 Å². The number of anilines is 2. The molecular formula is C25H30N2O4. The maximum absolute atomic E-state index is 5.70. The molecule has 4 aliphatic rings. The second-order valence-corrected chi connectivity index (χ2v) is 9.35. The molecule has 0 saturated carbocycles. The van der Waals surface area contributed by atoms with Crippen LogP contribution in [0.3, 0.4) is 0 Å². The summed E-state index contributed by atoms with van der Waals surface area (Å²) in [6, 6.07) is 17.8. The molecular weight excluding hydrogens is 392 g/mol. The van der Waals surface area contributed by atoms with E-state index in [1.807, 2.05) is 0 Å². The molecule has 6 nitrogen and oxygen atoms in total. The van der Waals surface area contributed by atoms with E-state index < -0.39 is 0 Å². The maximum Gasteiger partial charge on any atom is 0.162 e. The smallest absolute Gasteiger partial charge is 0.162 e. The van der Waals surface area contributed by atoms with Crippen molar-refractivity contribution < 1.29 is 18.9 Å².